The monoisotopic (exact) mass is 628 g/mol. The lowest BCUT2D eigenvalue weighted by Gasteiger charge is -2.46. The van der Waals surface area contributed by atoms with Crippen molar-refractivity contribution in [3.8, 4) is 0 Å². The molecule has 0 unspecified atom stereocenters. The van der Waals surface area contributed by atoms with E-state index in [1.807, 2.05) is 0 Å². The third-order valence-corrected chi connectivity index (χ3v) is 21.7. The topological polar surface area (TPSA) is 18.5 Å². The molecule has 0 aliphatic carbocycles. The highest BCUT2D eigenvalue weighted by molar-refractivity contribution is 8.17. The van der Waals surface area contributed by atoms with E-state index in [1.54, 1.807) is 0 Å². The molecule has 1 aliphatic rings. The van der Waals surface area contributed by atoms with E-state index in [0.29, 0.717) is 4.58 Å². The van der Waals surface area contributed by atoms with Crippen molar-refractivity contribution in [2.75, 3.05) is 11.5 Å². The lowest BCUT2D eigenvalue weighted by Crippen LogP contribution is -2.68. The Morgan fingerprint density at radius 2 is 1.34 bits per heavy atom. The Kier molecular flexibility index (Phi) is 12.5. The molecule has 228 valence electrons. The molecule has 0 saturated carbocycles. The molecule has 41 heavy (non-hydrogen) atoms. The summed E-state index contributed by atoms with van der Waals surface area (Å²) in [5.41, 5.74) is 0. The first-order valence-corrected chi connectivity index (χ1v) is 22.4. The van der Waals surface area contributed by atoms with Crippen LogP contribution in [0.25, 0.3) is 0 Å². The van der Waals surface area contributed by atoms with Crippen molar-refractivity contribution in [2.24, 2.45) is 5.92 Å². The molecule has 0 radical (unpaired) electrons. The SMILES string of the molecule is C=C[C@H](C)[C@H](CC[C@@H](CC1SCCCS1)O[Si](C)(C)C(C)(C)C)O[Si](c1ccccc1)(c1ccccc1)C(C)(C)C. The van der Waals surface area contributed by atoms with E-state index >= 15 is 0 Å². The van der Waals surface area contributed by atoms with Gasteiger partial charge in [0.15, 0.2) is 8.32 Å². The van der Waals surface area contributed by atoms with Crippen molar-refractivity contribution >= 4 is 50.5 Å². The van der Waals surface area contributed by atoms with E-state index in [-0.39, 0.29) is 28.2 Å². The standard InChI is InChI=1S/C35H56O2S2Si2/c1-11-28(2)32(24-23-29(27-33-38-25-18-26-39-33)36-40(9,10)34(3,4)5)37-41(35(6,7)8,30-19-14-12-15-20-30)31-21-16-13-17-22-31/h11-17,19-22,28-29,32-33H,1,18,23-27H2,2-10H3/t28-,29-,32-/m0/s1. The second kappa shape index (κ2) is 14.8. The summed E-state index contributed by atoms with van der Waals surface area (Å²) in [7, 11) is -4.58. The number of hydrogen-bond acceptors (Lipinski definition) is 4. The molecule has 0 N–H and O–H groups in total. The third-order valence-electron chi connectivity index (χ3n) is 9.10. The minimum atomic E-state index is -2.67. The molecule has 2 nitrogen and oxygen atoms in total. The predicted octanol–water partition coefficient (Wildman–Crippen LogP) is 9.51. The van der Waals surface area contributed by atoms with Crippen molar-refractivity contribution in [1.82, 2.24) is 0 Å². The van der Waals surface area contributed by atoms with Crippen molar-refractivity contribution in [2.45, 2.75) is 114 Å². The molecule has 1 heterocycles. The van der Waals surface area contributed by atoms with Crippen LogP contribution in [0.4, 0.5) is 0 Å². The summed E-state index contributed by atoms with van der Waals surface area (Å²) < 4.78 is 15.5. The van der Waals surface area contributed by atoms with Crippen LogP contribution in [0.1, 0.15) is 74.1 Å². The van der Waals surface area contributed by atoms with Crippen LogP contribution in [-0.2, 0) is 8.85 Å². The molecule has 1 saturated heterocycles. The molecule has 2 aromatic rings. The zero-order chi connectivity index (χ0) is 30.3. The van der Waals surface area contributed by atoms with Crippen molar-refractivity contribution in [1.29, 1.82) is 0 Å². The molecular weight excluding hydrogens is 573 g/mol. The van der Waals surface area contributed by atoms with Gasteiger partial charge in [-0.2, -0.15) is 0 Å². The first kappa shape index (κ1) is 34.7. The summed E-state index contributed by atoms with van der Waals surface area (Å²) in [5, 5.41) is 2.81. The molecule has 0 spiro atoms. The molecule has 0 aromatic heterocycles. The van der Waals surface area contributed by atoms with Gasteiger partial charge in [-0.3, -0.25) is 0 Å². The molecule has 1 aliphatic heterocycles. The Hall–Kier alpha value is -0.766. The highest BCUT2D eigenvalue weighted by Gasteiger charge is 2.52. The van der Waals surface area contributed by atoms with Crippen LogP contribution in [0, 0.1) is 5.92 Å². The van der Waals surface area contributed by atoms with Gasteiger partial charge < -0.3 is 8.85 Å². The Morgan fingerprint density at radius 3 is 1.78 bits per heavy atom. The van der Waals surface area contributed by atoms with E-state index in [4.69, 9.17) is 8.85 Å². The molecule has 2 aromatic carbocycles. The number of thioether (sulfide) groups is 2. The normalized spacial score (nSPS) is 18.1. The molecule has 0 amide bonds. The van der Waals surface area contributed by atoms with Gasteiger partial charge in [0.25, 0.3) is 8.32 Å². The van der Waals surface area contributed by atoms with Gasteiger partial charge in [0.2, 0.25) is 0 Å². The van der Waals surface area contributed by atoms with Crippen LogP contribution in [0.3, 0.4) is 0 Å². The summed E-state index contributed by atoms with van der Waals surface area (Å²) in [4.78, 5) is 0. The van der Waals surface area contributed by atoms with Gasteiger partial charge in [0, 0.05) is 6.10 Å². The quantitative estimate of drug-likeness (QED) is 0.162. The molecule has 1 fully saturated rings. The molecule has 3 atom stereocenters. The smallest absolute Gasteiger partial charge is 0.261 e. The minimum Gasteiger partial charge on any atom is -0.414 e. The van der Waals surface area contributed by atoms with Gasteiger partial charge >= 0.3 is 0 Å². The van der Waals surface area contributed by atoms with Gasteiger partial charge in [0.1, 0.15) is 0 Å². The first-order chi connectivity index (χ1) is 19.2. The molecule has 3 rings (SSSR count). The van der Waals surface area contributed by atoms with Gasteiger partial charge in [-0.1, -0.05) is 115 Å². The summed E-state index contributed by atoms with van der Waals surface area (Å²) in [6.45, 7) is 25.5. The predicted molar refractivity (Wildman–Crippen MR) is 191 cm³/mol. The average molecular weight is 629 g/mol. The van der Waals surface area contributed by atoms with E-state index in [9.17, 15) is 0 Å². The van der Waals surface area contributed by atoms with E-state index in [1.165, 1.54) is 28.3 Å². The van der Waals surface area contributed by atoms with E-state index < -0.39 is 16.6 Å². The fraction of sp³-hybridized carbons (Fsp3) is 0.600. The van der Waals surface area contributed by atoms with Crippen LogP contribution in [0.15, 0.2) is 73.3 Å². The largest absolute Gasteiger partial charge is 0.414 e. The number of hydrogen-bond donors (Lipinski definition) is 0. The van der Waals surface area contributed by atoms with Crippen LogP contribution >= 0.6 is 23.5 Å². The van der Waals surface area contributed by atoms with Crippen LogP contribution < -0.4 is 10.4 Å². The number of benzene rings is 2. The maximum absolute atomic E-state index is 7.68. The Labute approximate surface area is 263 Å². The maximum Gasteiger partial charge on any atom is 0.261 e. The third kappa shape index (κ3) is 8.89. The lowest BCUT2D eigenvalue weighted by atomic mass is 9.98. The zero-order valence-electron chi connectivity index (χ0n) is 27.2. The first-order valence-electron chi connectivity index (χ1n) is 15.5. The van der Waals surface area contributed by atoms with E-state index in [2.05, 4.69) is 158 Å². The van der Waals surface area contributed by atoms with Gasteiger partial charge in [-0.15, -0.1) is 30.1 Å². The second-order valence-corrected chi connectivity index (χ2v) is 26.2. The second-order valence-electron chi connectivity index (χ2n) is 14.3. The van der Waals surface area contributed by atoms with Crippen molar-refractivity contribution in [3.05, 3.63) is 73.3 Å². The summed E-state index contributed by atoms with van der Waals surface area (Å²) >= 11 is 4.27. The summed E-state index contributed by atoms with van der Waals surface area (Å²) in [5.74, 6) is 2.79. The van der Waals surface area contributed by atoms with Crippen LogP contribution in [0.5, 0.6) is 0 Å². The van der Waals surface area contributed by atoms with Crippen molar-refractivity contribution in [3.63, 3.8) is 0 Å². The van der Waals surface area contributed by atoms with Gasteiger partial charge in [-0.05, 0) is 76.7 Å². The highest BCUT2D eigenvalue weighted by Crippen LogP contribution is 2.42. The van der Waals surface area contributed by atoms with Gasteiger partial charge in [0.05, 0.1) is 10.7 Å². The number of rotatable bonds is 13. The van der Waals surface area contributed by atoms with Crippen molar-refractivity contribution < 1.29 is 8.85 Å². The summed E-state index contributed by atoms with van der Waals surface area (Å²) in [6, 6.07) is 22.1. The highest BCUT2D eigenvalue weighted by atomic mass is 32.2. The van der Waals surface area contributed by atoms with E-state index in [0.717, 1.165) is 19.3 Å². The maximum atomic E-state index is 7.68. The minimum absolute atomic E-state index is 0.0543. The fourth-order valence-electron chi connectivity index (χ4n) is 5.56. The Balaban J connectivity index is 1.98. The van der Waals surface area contributed by atoms with Gasteiger partial charge in [-0.25, -0.2) is 0 Å². The summed E-state index contributed by atoms with van der Waals surface area (Å²) in [6.07, 6.45) is 6.85. The zero-order valence-corrected chi connectivity index (χ0v) is 30.9. The molecule has 0 bridgehead atoms. The Bertz CT molecular complexity index is 1020. The Morgan fingerprint density at radius 1 is 0.829 bits per heavy atom. The molecule has 6 heteroatoms. The van der Waals surface area contributed by atoms with Crippen LogP contribution in [0.2, 0.25) is 23.2 Å². The average Bonchev–Trinajstić information content (AvgIpc) is 2.93. The molecular formula is C35H56O2S2Si2. The fourth-order valence-corrected chi connectivity index (χ4v) is 14.8. The van der Waals surface area contributed by atoms with Crippen LogP contribution in [-0.4, -0.2) is 44.9 Å². The lowest BCUT2D eigenvalue weighted by molar-refractivity contribution is 0.105.